The Labute approximate surface area is 116 Å². The fourth-order valence-electron chi connectivity index (χ4n) is 2.11. The molecule has 0 fully saturated rings. The Morgan fingerprint density at radius 2 is 2.25 bits per heavy atom. The Balaban J connectivity index is 2.62. The van der Waals surface area contributed by atoms with Gasteiger partial charge in [0.1, 0.15) is 5.69 Å². The van der Waals surface area contributed by atoms with Gasteiger partial charge in [0.2, 0.25) is 0 Å². The molecule has 0 saturated heterocycles. The van der Waals surface area contributed by atoms with Gasteiger partial charge in [-0.1, -0.05) is 0 Å². The maximum absolute atomic E-state index is 11.4. The molecular weight excluding hydrogens is 256 g/mol. The van der Waals surface area contributed by atoms with Gasteiger partial charge in [0.05, 0.1) is 28.3 Å². The number of rotatable bonds is 4. The molecule has 1 unspecified atom stereocenters. The van der Waals surface area contributed by atoms with Crippen molar-refractivity contribution in [3.05, 3.63) is 40.6 Å². The van der Waals surface area contributed by atoms with Crippen LogP contribution in [0.4, 0.5) is 11.4 Å². The number of nitro groups is 1. The number of nitriles is 1. The molecule has 102 valence electrons. The molecule has 2 rings (SSSR count). The molecule has 0 aliphatic carbocycles. The first-order valence-corrected chi connectivity index (χ1v) is 6.18. The third-order valence-electron chi connectivity index (χ3n) is 3.35. The lowest BCUT2D eigenvalue weighted by atomic mass is 10.1. The number of pyridine rings is 1. The second kappa shape index (κ2) is 5.53. The smallest absolute Gasteiger partial charge is 0.301 e. The topological polar surface area (TPSA) is 83.1 Å². The van der Waals surface area contributed by atoms with Crippen LogP contribution >= 0.6 is 0 Å². The predicted octanol–water partition coefficient (Wildman–Crippen LogP) is 2.88. The molecule has 6 heteroatoms. The Morgan fingerprint density at radius 1 is 1.50 bits per heavy atom. The summed E-state index contributed by atoms with van der Waals surface area (Å²) in [7, 11) is 1.76. The number of benzene rings is 1. The van der Waals surface area contributed by atoms with Crippen LogP contribution in [0.1, 0.15) is 13.3 Å². The van der Waals surface area contributed by atoms with E-state index < -0.39 is 4.92 Å². The zero-order valence-corrected chi connectivity index (χ0v) is 11.3. The maximum Gasteiger partial charge on any atom is 0.301 e. The van der Waals surface area contributed by atoms with E-state index >= 15 is 0 Å². The highest BCUT2D eigenvalue weighted by atomic mass is 16.6. The van der Waals surface area contributed by atoms with E-state index in [0.29, 0.717) is 23.0 Å². The molecule has 20 heavy (non-hydrogen) atoms. The van der Waals surface area contributed by atoms with E-state index in [2.05, 4.69) is 11.1 Å². The van der Waals surface area contributed by atoms with Crippen LogP contribution in [-0.2, 0) is 0 Å². The normalized spacial score (nSPS) is 11.8. The van der Waals surface area contributed by atoms with Crippen molar-refractivity contribution in [3.63, 3.8) is 0 Å². The van der Waals surface area contributed by atoms with Crippen LogP contribution in [0.5, 0.6) is 0 Å². The molecule has 1 heterocycles. The van der Waals surface area contributed by atoms with Crippen molar-refractivity contribution < 1.29 is 4.92 Å². The van der Waals surface area contributed by atoms with Crippen LogP contribution in [0.25, 0.3) is 10.9 Å². The number of aromatic nitrogens is 1. The molecule has 0 saturated carbocycles. The monoisotopic (exact) mass is 270 g/mol. The second-order valence-electron chi connectivity index (χ2n) is 4.58. The first-order valence-electron chi connectivity index (χ1n) is 6.18. The van der Waals surface area contributed by atoms with E-state index in [9.17, 15) is 10.1 Å². The molecule has 0 spiro atoms. The number of hydrogen-bond acceptors (Lipinski definition) is 5. The lowest BCUT2D eigenvalue weighted by molar-refractivity contribution is -0.382. The summed E-state index contributed by atoms with van der Waals surface area (Å²) in [5.74, 6) is 0. The zero-order valence-electron chi connectivity index (χ0n) is 11.3. The van der Waals surface area contributed by atoms with Crippen LogP contribution < -0.4 is 4.90 Å². The molecule has 0 N–H and O–H groups in total. The van der Waals surface area contributed by atoms with Crippen molar-refractivity contribution in [1.29, 1.82) is 5.26 Å². The number of fused-ring (bicyclic) bond motifs is 1. The Morgan fingerprint density at radius 3 is 2.90 bits per heavy atom. The summed E-state index contributed by atoms with van der Waals surface area (Å²) < 4.78 is 0. The Hall–Kier alpha value is -2.68. The molecule has 0 aliphatic heterocycles. The third kappa shape index (κ3) is 2.38. The van der Waals surface area contributed by atoms with Gasteiger partial charge in [0, 0.05) is 19.3 Å². The second-order valence-corrected chi connectivity index (χ2v) is 4.58. The number of nitrogens with zero attached hydrogens (tertiary/aromatic N) is 4. The molecule has 0 amide bonds. The van der Waals surface area contributed by atoms with E-state index in [4.69, 9.17) is 5.26 Å². The quantitative estimate of drug-likeness (QED) is 0.630. The van der Waals surface area contributed by atoms with Crippen molar-refractivity contribution in [2.24, 2.45) is 0 Å². The fraction of sp³-hybridized carbons (Fsp3) is 0.286. The van der Waals surface area contributed by atoms with Gasteiger partial charge in [-0.2, -0.15) is 5.26 Å². The first kappa shape index (κ1) is 13.7. The van der Waals surface area contributed by atoms with Gasteiger partial charge in [-0.15, -0.1) is 0 Å². The molecule has 1 aromatic heterocycles. The van der Waals surface area contributed by atoms with Gasteiger partial charge in [-0.25, -0.2) is 0 Å². The van der Waals surface area contributed by atoms with E-state index in [1.165, 1.54) is 0 Å². The van der Waals surface area contributed by atoms with Crippen LogP contribution in [0, 0.1) is 21.4 Å². The molecular formula is C14H14N4O2. The summed E-state index contributed by atoms with van der Waals surface area (Å²) in [4.78, 5) is 16.9. The lowest BCUT2D eigenvalue weighted by Crippen LogP contribution is -2.29. The van der Waals surface area contributed by atoms with Crippen molar-refractivity contribution in [2.75, 3.05) is 11.9 Å². The average molecular weight is 270 g/mol. The fourth-order valence-corrected chi connectivity index (χ4v) is 2.11. The summed E-state index contributed by atoms with van der Waals surface area (Å²) in [6, 6.07) is 8.78. The van der Waals surface area contributed by atoms with Crippen LogP contribution in [0.15, 0.2) is 30.5 Å². The van der Waals surface area contributed by atoms with Crippen molar-refractivity contribution in [1.82, 2.24) is 4.98 Å². The van der Waals surface area contributed by atoms with Gasteiger partial charge < -0.3 is 4.90 Å². The van der Waals surface area contributed by atoms with Crippen molar-refractivity contribution >= 4 is 22.3 Å². The summed E-state index contributed by atoms with van der Waals surface area (Å²) in [6.07, 6.45) is 1.91. The van der Waals surface area contributed by atoms with Crippen LogP contribution in [-0.4, -0.2) is 23.0 Å². The first-order chi connectivity index (χ1) is 9.56. The standard InChI is InChI=1S/C14H14N4O2/c1-10(7-8-15)17(2)13-6-5-12-11(4-3-9-16-12)14(13)18(19)20/h3-6,9-10H,7H2,1-2H3. The maximum atomic E-state index is 11.4. The molecule has 1 aromatic carbocycles. The predicted molar refractivity (Wildman–Crippen MR) is 76.5 cm³/mol. The molecule has 2 aromatic rings. The van der Waals surface area contributed by atoms with E-state index in [1.54, 1.807) is 42.4 Å². The Bertz CT molecular complexity index is 693. The average Bonchev–Trinajstić information content (AvgIpc) is 2.45. The minimum absolute atomic E-state index is 0.0305. The van der Waals surface area contributed by atoms with Gasteiger partial charge in [-0.05, 0) is 31.2 Å². The summed E-state index contributed by atoms with van der Waals surface area (Å²) in [5, 5.41) is 20.7. The van der Waals surface area contributed by atoms with Crippen molar-refractivity contribution in [3.8, 4) is 6.07 Å². The zero-order chi connectivity index (χ0) is 14.7. The number of hydrogen-bond donors (Lipinski definition) is 0. The minimum Gasteiger partial charge on any atom is -0.365 e. The van der Waals surface area contributed by atoms with Gasteiger partial charge >= 0.3 is 5.69 Å². The van der Waals surface area contributed by atoms with E-state index in [1.807, 2.05) is 6.92 Å². The number of anilines is 1. The van der Waals surface area contributed by atoms with E-state index in [0.717, 1.165) is 0 Å². The van der Waals surface area contributed by atoms with Gasteiger partial charge in [0.15, 0.2) is 0 Å². The minimum atomic E-state index is -0.394. The van der Waals surface area contributed by atoms with Crippen molar-refractivity contribution in [2.45, 2.75) is 19.4 Å². The lowest BCUT2D eigenvalue weighted by Gasteiger charge is -2.25. The molecule has 1 atom stereocenters. The number of nitro benzene ring substituents is 1. The highest BCUT2D eigenvalue weighted by Crippen LogP contribution is 2.35. The molecule has 6 nitrogen and oxygen atoms in total. The Kier molecular flexibility index (Phi) is 3.80. The SMILES string of the molecule is CC(CC#N)N(C)c1ccc2ncccc2c1[N+](=O)[O-]. The van der Waals surface area contributed by atoms with Gasteiger partial charge in [-0.3, -0.25) is 15.1 Å². The summed E-state index contributed by atoms with van der Waals surface area (Å²) >= 11 is 0. The highest BCUT2D eigenvalue weighted by Gasteiger charge is 2.23. The van der Waals surface area contributed by atoms with E-state index in [-0.39, 0.29) is 11.7 Å². The van der Waals surface area contributed by atoms with Crippen LogP contribution in [0.2, 0.25) is 0 Å². The van der Waals surface area contributed by atoms with Crippen LogP contribution in [0.3, 0.4) is 0 Å². The largest absolute Gasteiger partial charge is 0.365 e. The summed E-state index contributed by atoms with van der Waals surface area (Å²) in [5.41, 5.74) is 1.12. The molecule has 0 radical (unpaired) electrons. The molecule has 0 bridgehead atoms. The highest BCUT2D eigenvalue weighted by molar-refractivity contribution is 5.94. The van der Waals surface area contributed by atoms with Gasteiger partial charge in [0.25, 0.3) is 0 Å². The summed E-state index contributed by atoms with van der Waals surface area (Å²) in [6.45, 7) is 1.86. The molecule has 0 aliphatic rings. The third-order valence-corrected chi connectivity index (χ3v) is 3.35.